The van der Waals surface area contributed by atoms with E-state index in [1.807, 2.05) is 32.0 Å². The molecule has 0 spiro atoms. The first kappa shape index (κ1) is 20.4. The van der Waals surface area contributed by atoms with Crippen LogP contribution in [-0.4, -0.2) is 26.7 Å². The Balaban J connectivity index is 2.35. The molecule has 0 aliphatic rings. The van der Waals surface area contributed by atoms with E-state index in [2.05, 4.69) is 11.9 Å². The van der Waals surface area contributed by atoms with E-state index < -0.39 is 0 Å². The van der Waals surface area contributed by atoms with Crippen molar-refractivity contribution in [1.82, 2.24) is 0 Å². The number of carbonyl (C=O) groups excluding carboxylic acids is 1. The molecule has 0 atom stereocenters. The van der Waals surface area contributed by atoms with Gasteiger partial charge in [0.15, 0.2) is 11.5 Å². The lowest BCUT2D eigenvalue weighted by Gasteiger charge is -2.16. The monoisotopic (exact) mass is 369 g/mol. The molecule has 5 nitrogen and oxygen atoms in total. The zero-order chi connectivity index (χ0) is 19.8. The minimum absolute atomic E-state index is 0.244. The van der Waals surface area contributed by atoms with Crippen LogP contribution in [0.5, 0.6) is 17.2 Å². The molecule has 2 aromatic carbocycles. The number of aryl methyl sites for hydroxylation is 1. The van der Waals surface area contributed by atoms with Crippen LogP contribution in [0.2, 0.25) is 0 Å². The van der Waals surface area contributed by atoms with Gasteiger partial charge < -0.3 is 19.5 Å². The van der Waals surface area contributed by atoms with Gasteiger partial charge in [0.1, 0.15) is 5.75 Å². The molecule has 0 radical (unpaired) electrons. The number of amides is 1. The molecule has 1 amide bonds. The van der Waals surface area contributed by atoms with Crippen molar-refractivity contribution in [1.29, 1.82) is 0 Å². The molecule has 0 saturated carbocycles. The fraction of sp³-hybridized carbons (Fsp3) is 0.318. The molecular formula is C22H27NO4. The molecule has 0 bridgehead atoms. The van der Waals surface area contributed by atoms with E-state index >= 15 is 0 Å². The van der Waals surface area contributed by atoms with Gasteiger partial charge in [-0.25, -0.2) is 0 Å². The molecule has 0 aliphatic carbocycles. The quantitative estimate of drug-likeness (QED) is 0.646. The predicted octanol–water partition coefficient (Wildman–Crippen LogP) is 4.78. The molecule has 0 aliphatic heterocycles. The van der Waals surface area contributed by atoms with Crippen LogP contribution < -0.4 is 19.5 Å². The number of hydrogen-bond acceptors (Lipinski definition) is 4. The van der Waals surface area contributed by atoms with E-state index in [1.54, 1.807) is 32.4 Å². The van der Waals surface area contributed by atoms with Gasteiger partial charge in [0.05, 0.1) is 26.5 Å². The SMILES string of the molecule is C=CCc1cc(C(=O)Nc2ccc(C)cc2OCCC)cc(OC)c1OC. The normalized spacial score (nSPS) is 10.2. The van der Waals surface area contributed by atoms with Crippen molar-refractivity contribution in [2.24, 2.45) is 0 Å². The molecule has 0 unspecified atom stereocenters. The summed E-state index contributed by atoms with van der Waals surface area (Å²) in [5, 5.41) is 2.93. The van der Waals surface area contributed by atoms with Crippen molar-refractivity contribution in [3.8, 4) is 17.2 Å². The van der Waals surface area contributed by atoms with Gasteiger partial charge in [0, 0.05) is 11.1 Å². The second-order valence-electron chi connectivity index (χ2n) is 6.17. The largest absolute Gasteiger partial charge is 0.493 e. The minimum atomic E-state index is -0.244. The maximum Gasteiger partial charge on any atom is 0.255 e. The zero-order valence-corrected chi connectivity index (χ0v) is 16.4. The molecule has 1 N–H and O–H groups in total. The van der Waals surface area contributed by atoms with E-state index in [9.17, 15) is 4.79 Å². The molecule has 0 aromatic heterocycles. The van der Waals surface area contributed by atoms with Gasteiger partial charge in [-0.05, 0) is 49.6 Å². The van der Waals surface area contributed by atoms with Gasteiger partial charge in [0.25, 0.3) is 5.91 Å². The summed E-state index contributed by atoms with van der Waals surface area (Å²) in [6.07, 6.45) is 3.22. The summed E-state index contributed by atoms with van der Waals surface area (Å²) in [7, 11) is 3.13. The highest BCUT2D eigenvalue weighted by Gasteiger charge is 2.17. The van der Waals surface area contributed by atoms with Crippen LogP contribution in [0.1, 0.15) is 34.8 Å². The summed E-state index contributed by atoms with van der Waals surface area (Å²) in [6, 6.07) is 9.17. The molecular weight excluding hydrogens is 342 g/mol. The Morgan fingerprint density at radius 2 is 1.93 bits per heavy atom. The molecule has 27 heavy (non-hydrogen) atoms. The summed E-state index contributed by atoms with van der Waals surface area (Å²) < 4.78 is 16.6. The van der Waals surface area contributed by atoms with E-state index in [0.29, 0.717) is 41.5 Å². The Kier molecular flexibility index (Phi) is 7.29. The van der Waals surface area contributed by atoms with Gasteiger partial charge >= 0.3 is 0 Å². The lowest BCUT2D eigenvalue weighted by molar-refractivity contribution is 0.102. The summed E-state index contributed by atoms with van der Waals surface area (Å²) in [5.41, 5.74) is 3.02. The van der Waals surface area contributed by atoms with Crippen LogP contribution in [0.25, 0.3) is 0 Å². The van der Waals surface area contributed by atoms with E-state index in [-0.39, 0.29) is 5.91 Å². The van der Waals surface area contributed by atoms with Crippen molar-refractivity contribution in [3.05, 3.63) is 59.7 Å². The van der Waals surface area contributed by atoms with Gasteiger partial charge in [-0.2, -0.15) is 0 Å². The third-order valence-electron chi connectivity index (χ3n) is 4.03. The number of rotatable bonds is 9. The number of allylic oxidation sites excluding steroid dienone is 1. The van der Waals surface area contributed by atoms with Gasteiger partial charge in [-0.15, -0.1) is 6.58 Å². The third-order valence-corrected chi connectivity index (χ3v) is 4.03. The van der Waals surface area contributed by atoms with Crippen molar-refractivity contribution >= 4 is 11.6 Å². The average Bonchev–Trinajstić information content (AvgIpc) is 2.67. The number of hydrogen-bond donors (Lipinski definition) is 1. The van der Waals surface area contributed by atoms with E-state index in [4.69, 9.17) is 14.2 Å². The lowest BCUT2D eigenvalue weighted by atomic mass is 10.0. The molecule has 2 rings (SSSR count). The van der Waals surface area contributed by atoms with Gasteiger partial charge in [-0.3, -0.25) is 4.79 Å². The van der Waals surface area contributed by atoms with Crippen molar-refractivity contribution in [3.63, 3.8) is 0 Å². The third kappa shape index (κ3) is 5.03. The highest BCUT2D eigenvalue weighted by Crippen LogP contribution is 2.34. The van der Waals surface area contributed by atoms with Crippen LogP contribution in [0, 0.1) is 6.92 Å². The van der Waals surface area contributed by atoms with Crippen molar-refractivity contribution < 1.29 is 19.0 Å². The standard InChI is InChI=1S/C22H27NO4/c1-6-8-16-13-17(14-20(25-4)21(16)26-5)22(24)23-18-10-9-15(3)12-19(18)27-11-7-2/h6,9-10,12-14H,1,7-8,11H2,2-5H3,(H,23,24). The number of methoxy groups -OCH3 is 2. The molecule has 144 valence electrons. The first-order valence-electron chi connectivity index (χ1n) is 8.94. The van der Waals surface area contributed by atoms with Crippen molar-refractivity contribution in [2.45, 2.75) is 26.7 Å². The number of benzene rings is 2. The Morgan fingerprint density at radius 1 is 1.15 bits per heavy atom. The number of anilines is 1. The molecule has 5 heteroatoms. The number of carbonyl (C=O) groups is 1. The highest BCUT2D eigenvalue weighted by molar-refractivity contribution is 6.05. The van der Waals surface area contributed by atoms with Gasteiger partial charge in [0.2, 0.25) is 0 Å². The Hall–Kier alpha value is -2.95. The lowest BCUT2D eigenvalue weighted by Crippen LogP contribution is -2.14. The van der Waals surface area contributed by atoms with Crippen LogP contribution in [0.3, 0.4) is 0 Å². The second kappa shape index (κ2) is 9.67. The molecule has 0 heterocycles. The van der Waals surface area contributed by atoms with E-state index in [1.165, 1.54) is 0 Å². The zero-order valence-electron chi connectivity index (χ0n) is 16.4. The second-order valence-corrected chi connectivity index (χ2v) is 6.17. The first-order valence-corrected chi connectivity index (χ1v) is 8.94. The summed E-state index contributed by atoms with van der Waals surface area (Å²) in [4.78, 5) is 12.9. The van der Waals surface area contributed by atoms with Crippen LogP contribution >= 0.6 is 0 Å². The smallest absolute Gasteiger partial charge is 0.255 e. The molecule has 0 fully saturated rings. The summed E-state index contributed by atoms with van der Waals surface area (Å²) in [6.45, 7) is 8.38. The average molecular weight is 369 g/mol. The molecule has 0 saturated heterocycles. The van der Waals surface area contributed by atoms with Crippen LogP contribution in [0.4, 0.5) is 5.69 Å². The van der Waals surface area contributed by atoms with Crippen LogP contribution in [0.15, 0.2) is 43.0 Å². The van der Waals surface area contributed by atoms with Crippen LogP contribution in [-0.2, 0) is 6.42 Å². The molecule has 2 aromatic rings. The summed E-state index contributed by atoms with van der Waals surface area (Å²) in [5.74, 6) is 1.54. The Labute approximate surface area is 161 Å². The number of ether oxygens (including phenoxy) is 3. The van der Waals surface area contributed by atoms with Crippen molar-refractivity contribution in [2.75, 3.05) is 26.1 Å². The predicted molar refractivity (Wildman–Crippen MR) is 108 cm³/mol. The fourth-order valence-electron chi connectivity index (χ4n) is 2.74. The topological polar surface area (TPSA) is 56.8 Å². The van der Waals surface area contributed by atoms with Gasteiger partial charge in [-0.1, -0.05) is 19.1 Å². The Morgan fingerprint density at radius 3 is 2.56 bits per heavy atom. The first-order chi connectivity index (χ1) is 13.0. The minimum Gasteiger partial charge on any atom is -0.493 e. The summed E-state index contributed by atoms with van der Waals surface area (Å²) >= 11 is 0. The maximum atomic E-state index is 12.9. The maximum absolute atomic E-state index is 12.9. The van der Waals surface area contributed by atoms with E-state index in [0.717, 1.165) is 17.5 Å². The Bertz CT molecular complexity index is 814. The number of nitrogens with one attached hydrogen (secondary N) is 1. The highest BCUT2D eigenvalue weighted by atomic mass is 16.5. The fourth-order valence-corrected chi connectivity index (χ4v) is 2.74.